The van der Waals surface area contributed by atoms with Gasteiger partial charge in [-0.05, 0) is 87.6 Å². The van der Waals surface area contributed by atoms with Gasteiger partial charge in [0.1, 0.15) is 17.7 Å². The molecule has 3 aromatic heterocycles. The van der Waals surface area contributed by atoms with Crippen molar-refractivity contribution in [2.75, 3.05) is 25.5 Å². The molecule has 2 fully saturated rings. The number of carbonyl (C=O) groups is 1. The summed E-state index contributed by atoms with van der Waals surface area (Å²) < 4.78 is 2.06. The number of piperidine rings is 1. The van der Waals surface area contributed by atoms with Gasteiger partial charge in [0, 0.05) is 40.1 Å². The highest BCUT2D eigenvalue weighted by atomic mass is 16.3. The van der Waals surface area contributed by atoms with Gasteiger partial charge >= 0.3 is 0 Å². The fraction of sp³-hybridized carbons (Fsp3) is 0.281. The van der Waals surface area contributed by atoms with Gasteiger partial charge in [0.2, 0.25) is 0 Å². The number of phenolic OH excluding ortho intramolecular Hbond substituents is 1. The molecule has 4 N–H and O–H groups in total. The van der Waals surface area contributed by atoms with E-state index in [0.717, 1.165) is 61.0 Å². The molecule has 1 aliphatic heterocycles. The second-order valence-electron chi connectivity index (χ2n) is 11.3. The van der Waals surface area contributed by atoms with E-state index in [1.165, 1.54) is 12.5 Å². The van der Waals surface area contributed by atoms with Crippen molar-refractivity contribution in [2.45, 2.75) is 37.6 Å². The maximum atomic E-state index is 13.2. The first-order valence-corrected chi connectivity index (χ1v) is 14.3. The summed E-state index contributed by atoms with van der Waals surface area (Å²) in [5.41, 5.74) is 5.86. The lowest BCUT2D eigenvalue weighted by Crippen LogP contribution is -2.31. The fourth-order valence-electron chi connectivity index (χ4n) is 5.85. The number of carbonyl (C=O) groups excluding carboxylic acids is 1. The summed E-state index contributed by atoms with van der Waals surface area (Å²) in [5, 5.41) is 27.4. The van der Waals surface area contributed by atoms with E-state index in [9.17, 15) is 9.90 Å². The SMILES string of the molecule is CN1CCC(n2cc(-c3cc4c(-c5cccc(NC(=O)c6ccc(C7CC7)cc6C=N)c5O)ncnc4[nH]3)cn2)CC1. The number of hydrogen-bond acceptors (Lipinski definition) is 7. The number of hydrogen-bond donors (Lipinski definition) is 4. The van der Waals surface area contributed by atoms with Gasteiger partial charge < -0.3 is 25.7 Å². The molecule has 1 saturated carbocycles. The second-order valence-corrected chi connectivity index (χ2v) is 11.3. The maximum absolute atomic E-state index is 13.2. The normalized spacial score (nSPS) is 16.1. The first-order chi connectivity index (χ1) is 20.5. The molecule has 10 nitrogen and oxygen atoms in total. The smallest absolute Gasteiger partial charge is 0.256 e. The Balaban J connectivity index is 1.17. The number of nitrogens with one attached hydrogen (secondary N) is 3. The third kappa shape index (κ3) is 4.83. The highest BCUT2D eigenvalue weighted by Crippen LogP contribution is 2.41. The van der Waals surface area contributed by atoms with Gasteiger partial charge in [-0.2, -0.15) is 5.10 Å². The van der Waals surface area contributed by atoms with Gasteiger partial charge in [0.05, 0.1) is 29.3 Å². The van der Waals surface area contributed by atoms with Crippen LogP contribution in [0.1, 0.15) is 59.1 Å². The molecule has 212 valence electrons. The minimum Gasteiger partial charge on any atom is -0.505 e. The first kappa shape index (κ1) is 26.1. The Morgan fingerprint density at radius 1 is 1.12 bits per heavy atom. The third-order valence-electron chi connectivity index (χ3n) is 8.46. The molecule has 1 aliphatic carbocycles. The minimum absolute atomic E-state index is 0.0883. The van der Waals surface area contributed by atoms with Crippen molar-refractivity contribution in [1.29, 1.82) is 5.41 Å². The maximum Gasteiger partial charge on any atom is 0.256 e. The van der Waals surface area contributed by atoms with Crippen molar-refractivity contribution in [3.05, 3.63) is 77.9 Å². The highest BCUT2D eigenvalue weighted by Gasteiger charge is 2.25. The topological polar surface area (TPSA) is 136 Å². The lowest BCUT2D eigenvalue weighted by atomic mass is 10.0. The molecule has 0 radical (unpaired) electrons. The molecule has 7 rings (SSSR count). The number of rotatable bonds is 7. The Morgan fingerprint density at radius 3 is 2.74 bits per heavy atom. The van der Waals surface area contributed by atoms with E-state index in [1.807, 2.05) is 24.4 Å². The number of benzene rings is 2. The van der Waals surface area contributed by atoms with E-state index in [1.54, 1.807) is 24.3 Å². The number of para-hydroxylation sites is 1. The second kappa shape index (κ2) is 10.5. The molecule has 10 heteroatoms. The zero-order chi connectivity index (χ0) is 28.8. The number of H-pyrrole nitrogens is 1. The fourth-order valence-corrected chi connectivity index (χ4v) is 5.85. The summed E-state index contributed by atoms with van der Waals surface area (Å²) in [5.74, 6) is 0.0481. The van der Waals surface area contributed by atoms with Gasteiger partial charge in [-0.25, -0.2) is 9.97 Å². The van der Waals surface area contributed by atoms with Gasteiger partial charge in [-0.3, -0.25) is 9.48 Å². The third-order valence-corrected chi connectivity index (χ3v) is 8.46. The number of phenols is 1. The van der Waals surface area contributed by atoms with Crippen LogP contribution >= 0.6 is 0 Å². The predicted octanol–water partition coefficient (Wildman–Crippen LogP) is 5.59. The van der Waals surface area contributed by atoms with E-state index in [0.29, 0.717) is 40.0 Å². The van der Waals surface area contributed by atoms with Crippen LogP contribution in [-0.2, 0) is 0 Å². The van der Waals surface area contributed by atoms with Gasteiger partial charge in [0.25, 0.3) is 5.91 Å². The molecule has 2 aromatic carbocycles. The van der Waals surface area contributed by atoms with Crippen LogP contribution in [0.3, 0.4) is 0 Å². The number of likely N-dealkylation sites (tertiary alicyclic amines) is 1. The molecule has 1 amide bonds. The molecule has 0 atom stereocenters. The van der Waals surface area contributed by atoms with E-state index >= 15 is 0 Å². The first-order valence-electron chi connectivity index (χ1n) is 14.3. The van der Waals surface area contributed by atoms with Crippen LogP contribution in [0.5, 0.6) is 5.75 Å². The Bertz CT molecular complexity index is 1810. The average molecular weight is 561 g/mol. The summed E-state index contributed by atoms with van der Waals surface area (Å²) in [7, 11) is 2.15. The number of aromatic hydroxyl groups is 1. The zero-order valence-electron chi connectivity index (χ0n) is 23.3. The Morgan fingerprint density at radius 2 is 1.95 bits per heavy atom. The summed E-state index contributed by atoms with van der Waals surface area (Å²) in [6.45, 7) is 2.12. The molecule has 2 aliphatic rings. The zero-order valence-corrected chi connectivity index (χ0v) is 23.3. The van der Waals surface area contributed by atoms with Crippen molar-refractivity contribution in [2.24, 2.45) is 0 Å². The van der Waals surface area contributed by atoms with Gasteiger partial charge in [0.15, 0.2) is 0 Å². The Labute approximate surface area is 242 Å². The van der Waals surface area contributed by atoms with E-state index in [-0.39, 0.29) is 17.3 Å². The average Bonchev–Trinajstić information content (AvgIpc) is 3.57. The van der Waals surface area contributed by atoms with Gasteiger partial charge in [-0.15, -0.1) is 0 Å². The number of aromatic nitrogens is 5. The molecular formula is C32H32N8O2. The number of fused-ring (bicyclic) bond motifs is 1. The van der Waals surface area contributed by atoms with Gasteiger partial charge in [-0.1, -0.05) is 12.1 Å². The standard InChI is InChI=1S/C32H32N8O2/c1-39-11-9-23(10-12-39)40-17-22(16-36-40)28-14-26-29(34-18-35-31(26)37-28)25-3-2-4-27(30(25)41)38-32(42)24-8-7-20(19-5-6-19)13-21(24)15-33/h2-4,7-8,13-19,23,33,41H,5-6,9-12H2,1H3,(H,38,42)(H,34,35,37). The summed E-state index contributed by atoms with van der Waals surface area (Å²) in [6, 6.07) is 13.2. The lowest BCUT2D eigenvalue weighted by Gasteiger charge is -2.28. The molecule has 1 saturated heterocycles. The highest BCUT2D eigenvalue weighted by molar-refractivity contribution is 6.10. The summed E-state index contributed by atoms with van der Waals surface area (Å²) >= 11 is 0. The van der Waals surface area contributed by atoms with E-state index < -0.39 is 0 Å². The molecule has 5 aromatic rings. The van der Waals surface area contributed by atoms with Crippen molar-refractivity contribution in [3.8, 4) is 28.3 Å². The largest absolute Gasteiger partial charge is 0.505 e. The Kier molecular flexibility index (Phi) is 6.54. The van der Waals surface area contributed by atoms with E-state index in [4.69, 9.17) is 5.41 Å². The van der Waals surface area contributed by atoms with Crippen LogP contribution in [0.15, 0.2) is 61.2 Å². The molecule has 4 heterocycles. The van der Waals surface area contributed by atoms with E-state index in [2.05, 4.69) is 48.2 Å². The van der Waals surface area contributed by atoms with Crippen LogP contribution in [0, 0.1) is 5.41 Å². The quantitative estimate of drug-likeness (QED) is 0.151. The van der Waals surface area contributed by atoms with Crippen molar-refractivity contribution in [1.82, 2.24) is 29.6 Å². The number of nitrogens with zero attached hydrogens (tertiary/aromatic N) is 5. The van der Waals surface area contributed by atoms with Crippen LogP contribution in [0.25, 0.3) is 33.5 Å². The van der Waals surface area contributed by atoms with Crippen LogP contribution < -0.4 is 5.32 Å². The van der Waals surface area contributed by atoms with Crippen LogP contribution in [0.4, 0.5) is 5.69 Å². The predicted molar refractivity (Wildman–Crippen MR) is 162 cm³/mol. The summed E-state index contributed by atoms with van der Waals surface area (Å²) in [4.78, 5) is 27.9. The van der Waals surface area contributed by atoms with Crippen molar-refractivity contribution >= 4 is 28.8 Å². The minimum atomic E-state index is -0.387. The molecule has 42 heavy (non-hydrogen) atoms. The van der Waals surface area contributed by atoms with Crippen molar-refractivity contribution in [3.63, 3.8) is 0 Å². The van der Waals surface area contributed by atoms with Crippen LogP contribution in [-0.4, -0.2) is 67.0 Å². The monoisotopic (exact) mass is 560 g/mol. The summed E-state index contributed by atoms with van der Waals surface area (Å²) in [6.07, 6.45) is 11.0. The number of amides is 1. The number of aromatic amines is 1. The number of anilines is 1. The lowest BCUT2D eigenvalue weighted by molar-refractivity contribution is 0.102. The molecule has 0 bridgehead atoms. The molecule has 0 spiro atoms. The van der Waals surface area contributed by atoms with Crippen molar-refractivity contribution < 1.29 is 9.90 Å². The Hall–Kier alpha value is -4.83. The molecule has 0 unspecified atom stereocenters. The van der Waals surface area contributed by atoms with Crippen LogP contribution in [0.2, 0.25) is 0 Å². The molecular weight excluding hydrogens is 528 g/mol.